The molecule has 0 amide bonds. The summed E-state index contributed by atoms with van der Waals surface area (Å²) in [5, 5.41) is 10.6. The van der Waals surface area contributed by atoms with Crippen molar-refractivity contribution < 1.29 is 56.5 Å². The Hall–Kier alpha value is 1.56. The van der Waals surface area contributed by atoms with Gasteiger partial charge in [0, 0.05) is 5.54 Å². The van der Waals surface area contributed by atoms with Crippen LogP contribution in [0.15, 0.2) is 0 Å². The van der Waals surface area contributed by atoms with Gasteiger partial charge >= 0.3 is 51.4 Å². The molecule has 1 atom stereocenters. The molecule has 0 saturated carbocycles. The Balaban J connectivity index is 0.000000810. The third-order valence-electron chi connectivity index (χ3n) is 2.44. The smallest absolute Gasteiger partial charge is 0.853 e. The van der Waals surface area contributed by atoms with Gasteiger partial charge in [-0.15, -0.1) is 6.61 Å². The van der Waals surface area contributed by atoms with Crippen LogP contribution >= 0.6 is 0 Å². The molecule has 0 aromatic carbocycles. The molecule has 1 rings (SSSR count). The molecule has 1 fully saturated rings. The minimum absolute atomic E-state index is 0. The fraction of sp³-hybridized carbons (Fsp3) is 1.00. The summed E-state index contributed by atoms with van der Waals surface area (Å²) in [4.78, 5) is 2.17. The van der Waals surface area contributed by atoms with Crippen molar-refractivity contribution in [2.45, 2.75) is 25.3 Å². The van der Waals surface area contributed by atoms with Gasteiger partial charge in [0.15, 0.2) is 0 Å². The molecule has 0 bridgehead atoms. The van der Waals surface area contributed by atoms with E-state index < -0.39 is 0 Å². The molecule has 3 heteroatoms. The van der Waals surface area contributed by atoms with E-state index in [-0.39, 0.29) is 63.5 Å². The molecule has 2 nitrogen and oxygen atoms in total. The molecule has 0 aliphatic carbocycles. The average molecular weight is 167 g/mol. The minimum atomic E-state index is -0.0278. The Morgan fingerprint density at radius 3 is 2.40 bits per heavy atom. The summed E-state index contributed by atoms with van der Waals surface area (Å²) >= 11 is 0. The minimum Gasteiger partial charge on any atom is -0.853 e. The summed E-state index contributed by atoms with van der Waals surface area (Å²) in [7, 11) is 2.03. The van der Waals surface area contributed by atoms with E-state index in [4.69, 9.17) is 0 Å². The van der Waals surface area contributed by atoms with Gasteiger partial charge in [-0.3, -0.25) is 0 Å². The molecule has 0 spiro atoms. The number of nitrogens with zero attached hydrogens (tertiary/aromatic N) is 1. The van der Waals surface area contributed by atoms with Crippen LogP contribution in [0.4, 0.5) is 0 Å². The number of hydrogen-bond acceptors (Lipinski definition) is 2. The van der Waals surface area contributed by atoms with Crippen molar-refractivity contribution in [3.8, 4) is 0 Å². The predicted octanol–water partition coefficient (Wildman–Crippen LogP) is -3.16. The van der Waals surface area contributed by atoms with Crippen molar-refractivity contribution in [2.24, 2.45) is 0 Å². The van der Waals surface area contributed by atoms with Crippen LogP contribution in [0, 0.1) is 0 Å². The third kappa shape index (κ3) is 2.27. The molecule has 0 N–H and O–H groups in total. The summed E-state index contributed by atoms with van der Waals surface area (Å²) in [5.74, 6) is 0. The van der Waals surface area contributed by atoms with E-state index in [0.29, 0.717) is 0 Å². The molecule has 1 saturated heterocycles. The summed E-state index contributed by atoms with van der Waals surface area (Å²) < 4.78 is 0. The van der Waals surface area contributed by atoms with E-state index in [1.807, 2.05) is 14.0 Å². The molecule has 0 aromatic rings. The van der Waals surface area contributed by atoms with Gasteiger partial charge in [-0.2, -0.15) is 0 Å². The van der Waals surface area contributed by atoms with Crippen molar-refractivity contribution in [3.05, 3.63) is 0 Å². The average Bonchev–Trinajstić information content (AvgIpc) is 2.15. The van der Waals surface area contributed by atoms with Crippen LogP contribution in [0.5, 0.6) is 0 Å². The first kappa shape index (κ1) is 11.6. The molecule has 10 heavy (non-hydrogen) atoms. The van der Waals surface area contributed by atoms with Crippen LogP contribution in [-0.2, 0) is 0 Å². The van der Waals surface area contributed by atoms with Gasteiger partial charge < -0.3 is 10.0 Å². The topological polar surface area (TPSA) is 26.3 Å². The number of rotatable bonds is 1. The zero-order valence-electron chi connectivity index (χ0n) is 7.18. The molecule has 54 valence electrons. The van der Waals surface area contributed by atoms with Crippen LogP contribution in [0.3, 0.4) is 0 Å². The first-order chi connectivity index (χ1) is 4.19. The quantitative estimate of drug-likeness (QED) is 0.385. The molecule has 1 aliphatic rings. The van der Waals surface area contributed by atoms with Crippen molar-refractivity contribution in [1.29, 1.82) is 0 Å². The van der Waals surface area contributed by atoms with Gasteiger partial charge in [-0.1, -0.05) is 0 Å². The van der Waals surface area contributed by atoms with E-state index in [0.717, 1.165) is 13.0 Å². The van der Waals surface area contributed by atoms with Crippen LogP contribution < -0.4 is 56.5 Å². The molecular weight excluding hydrogens is 153 g/mol. The zero-order valence-corrected chi connectivity index (χ0v) is 10.3. The Morgan fingerprint density at radius 2 is 2.20 bits per heavy atom. The van der Waals surface area contributed by atoms with E-state index in [1.165, 1.54) is 6.42 Å². The normalized spacial score (nSPS) is 33.9. The Kier molecular flexibility index (Phi) is 5.26. The van der Waals surface area contributed by atoms with Gasteiger partial charge in [0.1, 0.15) is 0 Å². The molecule has 0 radical (unpaired) electrons. The largest absolute Gasteiger partial charge is 1.00 e. The van der Waals surface area contributed by atoms with E-state index in [1.54, 1.807) is 0 Å². The van der Waals surface area contributed by atoms with E-state index in [9.17, 15) is 5.11 Å². The van der Waals surface area contributed by atoms with Crippen molar-refractivity contribution in [1.82, 2.24) is 4.90 Å². The molecule has 0 aromatic heterocycles. The first-order valence-corrected chi connectivity index (χ1v) is 3.48. The Bertz CT molecular complexity index is 110. The fourth-order valence-electron chi connectivity index (χ4n) is 1.34. The van der Waals surface area contributed by atoms with E-state index >= 15 is 0 Å². The summed E-state index contributed by atoms with van der Waals surface area (Å²) in [6.07, 6.45) is 2.27. The van der Waals surface area contributed by atoms with Gasteiger partial charge in [0.25, 0.3) is 0 Å². The maximum absolute atomic E-state index is 10.6. The van der Waals surface area contributed by atoms with Gasteiger partial charge in [0.2, 0.25) is 0 Å². The molecule has 1 unspecified atom stereocenters. The van der Waals surface area contributed by atoms with Crippen molar-refractivity contribution in [3.63, 3.8) is 0 Å². The monoisotopic (exact) mass is 167 g/mol. The second-order valence-electron chi connectivity index (χ2n) is 3.17. The van der Waals surface area contributed by atoms with Crippen molar-refractivity contribution >= 4 is 0 Å². The SMILES string of the molecule is CN1CCCC1(C)C[O-].[K+]. The van der Waals surface area contributed by atoms with Gasteiger partial charge in [0.05, 0.1) is 0 Å². The van der Waals surface area contributed by atoms with Gasteiger partial charge in [-0.05, 0) is 33.4 Å². The first-order valence-electron chi connectivity index (χ1n) is 3.48. The van der Waals surface area contributed by atoms with Crippen LogP contribution in [-0.4, -0.2) is 30.6 Å². The summed E-state index contributed by atoms with van der Waals surface area (Å²) in [5.41, 5.74) is -0.0278. The van der Waals surface area contributed by atoms with Crippen LogP contribution in [0.1, 0.15) is 19.8 Å². The zero-order chi connectivity index (χ0) is 6.91. The molecule has 1 heterocycles. The van der Waals surface area contributed by atoms with Gasteiger partial charge in [-0.25, -0.2) is 0 Å². The third-order valence-corrected chi connectivity index (χ3v) is 2.44. The summed E-state index contributed by atoms with van der Waals surface area (Å²) in [6, 6.07) is 0. The summed E-state index contributed by atoms with van der Waals surface area (Å²) in [6.45, 7) is 3.19. The maximum Gasteiger partial charge on any atom is 1.00 e. The standard InChI is InChI=1S/C7H14NO.K/c1-7(6-9)4-3-5-8(7)2;/h3-6H2,1-2H3;/q-1;+1. The Morgan fingerprint density at radius 1 is 1.60 bits per heavy atom. The second-order valence-corrected chi connectivity index (χ2v) is 3.17. The van der Waals surface area contributed by atoms with Crippen LogP contribution in [0.2, 0.25) is 0 Å². The van der Waals surface area contributed by atoms with Crippen molar-refractivity contribution in [2.75, 3.05) is 20.2 Å². The number of hydrogen-bond donors (Lipinski definition) is 0. The molecule has 1 aliphatic heterocycles. The van der Waals surface area contributed by atoms with Crippen LogP contribution in [0.25, 0.3) is 0 Å². The van der Waals surface area contributed by atoms with E-state index in [2.05, 4.69) is 4.90 Å². The molecular formula is C7H14KNO. The second kappa shape index (κ2) is 4.55. The Labute approximate surface area is 105 Å². The fourth-order valence-corrected chi connectivity index (χ4v) is 1.34. The number of likely N-dealkylation sites (N-methyl/N-ethyl adjacent to an activating group) is 1. The predicted molar refractivity (Wildman–Crippen MR) is 35.1 cm³/mol. The number of likely N-dealkylation sites (tertiary alicyclic amines) is 1. The maximum atomic E-state index is 10.6.